The Morgan fingerprint density at radius 2 is 1.41 bits per heavy atom. The van der Waals surface area contributed by atoms with E-state index in [1.165, 1.54) is 36.4 Å². The van der Waals surface area contributed by atoms with E-state index in [2.05, 4.69) is 5.32 Å². The van der Waals surface area contributed by atoms with Crippen LogP contribution in [0.2, 0.25) is 0 Å². The van der Waals surface area contributed by atoms with Gasteiger partial charge in [-0.15, -0.1) is 0 Å². The number of hydrogen-bond acceptors (Lipinski definition) is 3. The average molecular weight is 400 g/mol. The number of anilines is 2. The molecular weight excluding hydrogens is 385 g/mol. The molecule has 1 amide bonds. The van der Waals surface area contributed by atoms with Gasteiger partial charge >= 0.3 is 12.1 Å². The summed E-state index contributed by atoms with van der Waals surface area (Å²) < 4.78 is 38.1. The van der Waals surface area contributed by atoms with Crippen LogP contribution in [0.25, 0.3) is 11.1 Å². The van der Waals surface area contributed by atoms with Gasteiger partial charge in [-0.1, -0.05) is 12.1 Å². The van der Waals surface area contributed by atoms with Gasteiger partial charge in [0.2, 0.25) is 5.91 Å². The van der Waals surface area contributed by atoms with Crippen molar-refractivity contribution < 1.29 is 27.9 Å². The maximum absolute atomic E-state index is 12.7. The quantitative estimate of drug-likeness (QED) is 0.567. The zero-order valence-electron chi connectivity index (χ0n) is 14.8. The number of carbonyl (C=O) groups is 2. The molecule has 0 aliphatic carbocycles. The Morgan fingerprint density at radius 1 is 0.793 bits per heavy atom. The number of primary amides is 1. The number of amides is 1. The van der Waals surface area contributed by atoms with Crippen molar-refractivity contribution in [3.63, 3.8) is 0 Å². The molecule has 29 heavy (non-hydrogen) atoms. The molecule has 148 valence electrons. The van der Waals surface area contributed by atoms with Crippen molar-refractivity contribution in [1.82, 2.24) is 0 Å². The lowest BCUT2D eigenvalue weighted by Crippen LogP contribution is -2.10. The highest BCUT2D eigenvalue weighted by Crippen LogP contribution is 2.31. The van der Waals surface area contributed by atoms with E-state index in [9.17, 15) is 27.9 Å². The Balaban J connectivity index is 1.94. The number of nitrogens with one attached hydrogen (secondary N) is 1. The molecule has 0 spiro atoms. The van der Waals surface area contributed by atoms with Gasteiger partial charge < -0.3 is 16.2 Å². The van der Waals surface area contributed by atoms with E-state index in [0.717, 1.165) is 12.1 Å². The van der Waals surface area contributed by atoms with Gasteiger partial charge in [-0.05, 0) is 65.7 Å². The van der Waals surface area contributed by atoms with Crippen LogP contribution in [0, 0.1) is 0 Å². The van der Waals surface area contributed by atoms with Crippen LogP contribution in [-0.4, -0.2) is 17.0 Å². The zero-order valence-corrected chi connectivity index (χ0v) is 14.8. The lowest BCUT2D eigenvalue weighted by Gasteiger charge is -2.12. The summed E-state index contributed by atoms with van der Waals surface area (Å²) in [5.74, 6) is -1.74. The molecule has 0 atom stereocenters. The van der Waals surface area contributed by atoms with Crippen LogP contribution < -0.4 is 11.1 Å². The molecule has 3 aromatic rings. The van der Waals surface area contributed by atoms with Crippen molar-refractivity contribution >= 4 is 23.3 Å². The van der Waals surface area contributed by atoms with Crippen molar-refractivity contribution in [2.45, 2.75) is 6.18 Å². The molecule has 3 aromatic carbocycles. The predicted molar refractivity (Wildman–Crippen MR) is 102 cm³/mol. The topological polar surface area (TPSA) is 92.4 Å². The molecule has 3 rings (SSSR count). The van der Waals surface area contributed by atoms with Gasteiger partial charge in [0.05, 0.1) is 11.1 Å². The first-order chi connectivity index (χ1) is 13.6. The molecule has 0 aromatic heterocycles. The van der Waals surface area contributed by atoms with Gasteiger partial charge in [-0.2, -0.15) is 13.2 Å². The Hall–Kier alpha value is -3.81. The van der Waals surface area contributed by atoms with Crippen molar-refractivity contribution in [3.05, 3.63) is 83.4 Å². The lowest BCUT2D eigenvalue weighted by atomic mass is 10.0. The second kappa shape index (κ2) is 7.67. The molecule has 0 saturated heterocycles. The number of aromatic carboxylic acids is 1. The fourth-order valence-electron chi connectivity index (χ4n) is 2.73. The predicted octanol–water partition coefficient (Wildman–Crippen LogP) is 4.91. The van der Waals surface area contributed by atoms with Gasteiger partial charge in [-0.3, -0.25) is 4.79 Å². The Bertz CT molecular complexity index is 1060. The number of carbonyl (C=O) groups excluding carboxylic acids is 1. The van der Waals surface area contributed by atoms with Gasteiger partial charge in [-0.25, -0.2) is 4.79 Å². The Labute approximate surface area is 163 Å². The number of halogens is 3. The third-order valence-electron chi connectivity index (χ3n) is 4.18. The lowest BCUT2D eigenvalue weighted by molar-refractivity contribution is -0.137. The Kier molecular flexibility index (Phi) is 5.27. The number of carboxylic acid groups (broad SMARTS) is 1. The van der Waals surface area contributed by atoms with Gasteiger partial charge in [0.15, 0.2) is 0 Å². The van der Waals surface area contributed by atoms with Crippen molar-refractivity contribution in [2.75, 3.05) is 5.32 Å². The summed E-state index contributed by atoms with van der Waals surface area (Å²) >= 11 is 0. The van der Waals surface area contributed by atoms with Crippen molar-refractivity contribution in [3.8, 4) is 11.1 Å². The molecule has 0 unspecified atom stereocenters. The van der Waals surface area contributed by atoms with Gasteiger partial charge in [0.25, 0.3) is 0 Å². The van der Waals surface area contributed by atoms with E-state index in [-0.39, 0.29) is 5.56 Å². The van der Waals surface area contributed by atoms with Crippen LogP contribution in [0.5, 0.6) is 0 Å². The Morgan fingerprint density at radius 3 is 1.93 bits per heavy atom. The van der Waals surface area contributed by atoms with Crippen LogP contribution in [0.3, 0.4) is 0 Å². The van der Waals surface area contributed by atoms with Crippen LogP contribution >= 0.6 is 0 Å². The molecule has 0 heterocycles. The number of rotatable bonds is 5. The highest BCUT2D eigenvalue weighted by atomic mass is 19.4. The van der Waals surface area contributed by atoms with Gasteiger partial charge in [0, 0.05) is 16.9 Å². The smallest absolute Gasteiger partial charge is 0.416 e. The monoisotopic (exact) mass is 400 g/mol. The van der Waals surface area contributed by atoms with Crippen LogP contribution in [0.4, 0.5) is 24.5 Å². The average Bonchev–Trinajstić information content (AvgIpc) is 2.67. The normalized spacial score (nSPS) is 11.1. The number of carboxylic acids is 1. The fraction of sp³-hybridized carbons (Fsp3) is 0.0476. The zero-order chi connectivity index (χ0) is 21.2. The molecule has 0 radical (unpaired) electrons. The minimum Gasteiger partial charge on any atom is -0.478 e. The van der Waals surface area contributed by atoms with E-state index in [1.807, 2.05) is 0 Å². The van der Waals surface area contributed by atoms with Gasteiger partial charge in [0.1, 0.15) is 0 Å². The summed E-state index contributed by atoms with van der Waals surface area (Å²) in [6, 6.07) is 15.2. The van der Waals surface area contributed by atoms with Crippen molar-refractivity contribution in [1.29, 1.82) is 0 Å². The maximum Gasteiger partial charge on any atom is 0.416 e. The molecule has 0 aliphatic rings. The summed E-state index contributed by atoms with van der Waals surface area (Å²) in [5.41, 5.74) is 6.70. The first-order valence-electron chi connectivity index (χ1n) is 8.36. The summed E-state index contributed by atoms with van der Waals surface area (Å²) in [5, 5.41) is 12.3. The number of benzene rings is 3. The van der Waals surface area contributed by atoms with E-state index < -0.39 is 23.6 Å². The molecule has 0 saturated carbocycles. The highest BCUT2D eigenvalue weighted by Gasteiger charge is 2.29. The van der Waals surface area contributed by atoms with Crippen molar-refractivity contribution in [2.24, 2.45) is 5.73 Å². The first-order valence-corrected chi connectivity index (χ1v) is 8.36. The van der Waals surface area contributed by atoms with Crippen LogP contribution in [-0.2, 0) is 6.18 Å². The standard InChI is InChI=1S/C21H15F3N2O3/c22-21(23,24)16-5-7-17(8-6-16)26-18-10-14(9-15(11-18)20(28)29)12-1-3-13(4-2-12)19(25)27/h1-11,26H,(H2,25,27)(H,28,29). The third-order valence-corrected chi connectivity index (χ3v) is 4.18. The third kappa shape index (κ3) is 4.73. The molecule has 5 nitrogen and oxygen atoms in total. The van der Waals surface area contributed by atoms with E-state index in [4.69, 9.17) is 5.73 Å². The SMILES string of the molecule is NC(=O)c1ccc(-c2cc(Nc3ccc(C(F)(F)F)cc3)cc(C(=O)O)c2)cc1. The number of hydrogen-bond donors (Lipinski definition) is 3. The minimum atomic E-state index is -4.44. The fourth-order valence-corrected chi connectivity index (χ4v) is 2.73. The molecule has 4 N–H and O–H groups in total. The molecule has 0 fully saturated rings. The second-order valence-electron chi connectivity index (χ2n) is 6.25. The molecule has 8 heteroatoms. The maximum atomic E-state index is 12.7. The largest absolute Gasteiger partial charge is 0.478 e. The summed E-state index contributed by atoms with van der Waals surface area (Å²) in [4.78, 5) is 22.7. The first kappa shape index (κ1) is 19.9. The summed E-state index contributed by atoms with van der Waals surface area (Å²) in [7, 11) is 0. The molecule has 0 aliphatic heterocycles. The number of alkyl halides is 3. The minimum absolute atomic E-state index is 0.00381. The van der Waals surface area contributed by atoms with E-state index in [1.54, 1.807) is 18.2 Å². The summed E-state index contributed by atoms with van der Waals surface area (Å²) in [6.45, 7) is 0. The molecular formula is C21H15F3N2O3. The van der Waals surface area contributed by atoms with Crippen LogP contribution in [0.1, 0.15) is 26.3 Å². The second-order valence-corrected chi connectivity index (χ2v) is 6.25. The van der Waals surface area contributed by atoms with E-state index in [0.29, 0.717) is 28.1 Å². The highest BCUT2D eigenvalue weighted by molar-refractivity contribution is 5.94. The van der Waals surface area contributed by atoms with E-state index >= 15 is 0 Å². The number of nitrogens with two attached hydrogens (primary N) is 1. The molecule has 0 bridgehead atoms. The van der Waals surface area contributed by atoms with Crippen LogP contribution in [0.15, 0.2) is 66.7 Å². The summed E-state index contributed by atoms with van der Waals surface area (Å²) in [6.07, 6.45) is -4.44.